The summed E-state index contributed by atoms with van der Waals surface area (Å²) in [6.07, 6.45) is 0. The van der Waals surface area contributed by atoms with Crippen LogP contribution in [0.3, 0.4) is 0 Å². The van der Waals surface area contributed by atoms with Crippen LogP contribution in [0.5, 0.6) is 0 Å². The molecule has 276 valence electrons. The number of hydrogen-bond acceptors (Lipinski definition) is 4. The monoisotopic (exact) mass is 769 g/mol. The summed E-state index contributed by atoms with van der Waals surface area (Å²) >= 11 is 1.89. The maximum atomic E-state index is 5.49. The van der Waals surface area contributed by atoms with Crippen LogP contribution in [0, 0.1) is 0 Å². The second-order valence-corrected chi connectivity index (χ2v) is 17.7. The molecule has 3 nitrogen and oxygen atoms in total. The van der Waals surface area contributed by atoms with Crippen molar-refractivity contribution in [2.75, 3.05) is 0 Å². The van der Waals surface area contributed by atoms with E-state index in [4.69, 9.17) is 15.0 Å². The number of nitrogens with zero attached hydrogens (tertiary/aromatic N) is 3. The second-order valence-electron chi connectivity index (χ2n) is 16.6. The number of benzene rings is 8. The van der Waals surface area contributed by atoms with E-state index in [1.54, 1.807) is 0 Å². The first-order valence-corrected chi connectivity index (χ1v) is 21.2. The Hall–Kier alpha value is -7.01. The van der Waals surface area contributed by atoms with Crippen LogP contribution in [0.2, 0.25) is 0 Å². The molecule has 3 aliphatic carbocycles. The van der Waals surface area contributed by atoms with Gasteiger partial charge in [-0.05, 0) is 83.9 Å². The molecule has 0 N–H and O–H groups in total. The van der Waals surface area contributed by atoms with Crippen molar-refractivity contribution in [2.24, 2.45) is 0 Å². The molecule has 0 saturated carbocycles. The number of fused-ring (bicyclic) bond motifs is 16. The van der Waals surface area contributed by atoms with Gasteiger partial charge in [-0.1, -0.05) is 178 Å². The predicted octanol–water partition coefficient (Wildman–Crippen LogP) is 13.9. The fourth-order valence-electron chi connectivity index (χ4n) is 10.8. The van der Waals surface area contributed by atoms with Gasteiger partial charge < -0.3 is 0 Å². The largest absolute Gasteiger partial charge is 0.208 e. The smallest absolute Gasteiger partial charge is 0.164 e. The van der Waals surface area contributed by atoms with E-state index in [0.29, 0.717) is 17.5 Å². The van der Waals surface area contributed by atoms with Crippen molar-refractivity contribution in [3.8, 4) is 66.9 Å². The maximum absolute atomic E-state index is 5.49. The molecule has 10 aromatic rings. The molecule has 3 aliphatic rings. The van der Waals surface area contributed by atoms with Crippen LogP contribution in [-0.2, 0) is 10.8 Å². The van der Waals surface area contributed by atoms with Crippen LogP contribution in [0.1, 0.15) is 47.2 Å². The molecular formula is C55H35N3S. The van der Waals surface area contributed by atoms with Gasteiger partial charge in [-0.3, -0.25) is 0 Å². The van der Waals surface area contributed by atoms with E-state index in [1.165, 1.54) is 76.2 Å². The summed E-state index contributed by atoms with van der Waals surface area (Å²) in [5, 5.41) is 3.57. The number of hydrogen-bond donors (Lipinski definition) is 0. The van der Waals surface area contributed by atoms with Crippen LogP contribution in [0.25, 0.3) is 87.7 Å². The van der Waals surface area contributed by atoms with Gasteiger partial charge in [-0.15, -0.1) is 11.3 Å². The number of thiophene rings is 1. The highest BCUT2D eigenvalue weighted by atomic mass is 32.1. The van der Waals surface area contributed by atoms with Gasteiger partial charge in [0, 0.05) is 37.2 Å². The summed E-state index contributed by atoms with van der Waals surface area (Å²) < 4.78 is 1.29. The van der Waals surface area contributed by atoms with Gasteiger partial charge in [0.15, 0.2) is 17.5 Å². The molecule has 8 aromatic carbocycles. The SMILES string of the molecule is CC1(C)c2ccccc2-c2ccc(-c3nc(-c4cccc5c4-c4sc6ccccc6c4C54c5ccccc5-c5ccccc54)nc(-c4cccc5ccccc45)n3)cc21. The zero-order valence-corrected chi connectivity index (χ0v) is 33.3. The van der Waals surface area contributed by atoms with Gasteiger partial charge >= 0.3 is 0 Å². The molecule has 0 unspecified atom stereocenters. The van der Waals surface area contributed by atoms with Gasteiger partial charge in [0.2, 0.25) is 0 Å². The van der Waals surface area contributed by atoms with Crippen LogP contribution in [0.15, 0.2) is 176 Å². The molecule has 0 saturated heterocycles. The van der Waals surface area contributed by atoms with Crippen LogP contribution < -0.4 is 0 Å². The minimum atomic E-state index is -0.484. The molecule has 0 amide bonds. The van der Waals surface area contributed by atoms with Crippen LogP contribution >= 0.6 is 11.3 Å². The Kier molecular flexibility index (Phi) is 6.59. The second kappa shape index (κ2) is 11.8. The maximum Gasteiger partial charge on any atom is 0.164 e. The Balaban J connectivity index is 1.11. The summed E-state index contributed by atoms with van der Waals surface area (Å²) in [6, 6.07) is 64.3. The van der Waals surface area contributed by atoms with Crippen molar-refractivity contribution >= 4 is 32.2 Å². The Labute approximate surface area is 346 Å². The molecule has 0 radical (unpaired) electrons. The fourth-order valence-corrected chi connectivity index (χ4v) is 12.2. The van der Waals surface area contributed by atoms with E-state index in [2.05, 4.69) is 190 Å². The fraction of sp³-hybridized carbons (Fsp3) is 0.0727. The molecule has 13 rings (SSSR count). The van der Waals surface area contributed by atoms with Gasteiger partial charge in [-0.2, -0.15) is 0 Å². The van der Waals surface area contributed by atoms with Gasteiger partial charge in [0.25, 0.3) is 0 Å². The molecule has 0 aliphatic heterocycles. The third kappa shape index (κ3) is 4.29. The van der Waals surface area contributed by atoms with E-state index in [0.717, 1.165) is 27.5 Å². The van der Waals surface area contributed by atoms with Gasteiger partial charge in [-0.25, -0.2) is 15.0 Å². The molecule has 2 aromatic heterocycles. The Morgan fingerprint density at radius 1 is 0.407 bits per heavy atom. The summed E-state index contributed by atoms with van der Waals surface area (Å²) in [7, 11) is 0. The highest BCUT2D eigenvalue weighted by Gasteiger charge is 2.54. The summed E-state index contributed by atoms with van der Waals surface area (Å²) in [5.74, 6) is 2.02. The standard InChI is InChI=1S/C55H35N3S/c1-54(2)42-24-9-5-18-35(42)38-30-29-33(31-46(38)54)51-56-52(39-22-13-16-32-15-3-4-17-34(32)39)58-53(57-51)41-23-14-27-45-48(41)50-49(40-21-8-12-28-47(40)59-50)55(45)43-25-10-6-19-36(43)37-20-7-11-26-44(37)55/h3-31H,1-2H3. The van der Waals surface area contributed by atoms with E-state index in [-0.39, 0.29) is 5.41 Å². The third-order valence-electron chi connectivity index (χ3n) is 13.4. The summed E-state index contributed by atoms with van der Waals surface area (Å²) in [4.78, 5) is 17.6. The minimum Gasteiger partial charge on any atom is -0.208 e. The first kappa shape index (κ1) is 33.0. The topological polar surface area (TPSA) is 38.7 Å². The van der Waals surface area contributed by atoms with Crippen molar-refractivity contribution in [3.63, 3.8) is 0 Å². The molecule has 2 heterocycles. The van der Waals surface area contributed by atoms with Crippen molar-refractivity contribution in [2.45, 2.75) is 24.7 Å². The van der Waals surface area contributed by atoms with Gasteiger partial charge in [0.1, 0.15) is 0 Å². The lowest BCUT2D eigenvalue weighted by Crippen LogP contribution is -2.25. The zero-order chi connectivity index (χ0) is 39.0. The van der Waals surface area contributed by atoms with Crippen LogP contribution in [-0.4, -0.2) is 15.0 Å². The van der Waals surface area contributed by atoms with Crippen molar-refractivity contribution in [1.29, 1.82) is 0 Å². The lowest BCUT2D eigenvalue weighted by molar-refractivity contribution is 0.660. The minimum absolute atomic E-state index is 0.156. The third-order valence-corrected chi connectivity index (χ3v) is 14.6. The van der Waals surface area contributed by atoms with Crippen molar-refractivity contribution in [1.82, 2.24) is 15.0 Å². The van der Waals surface area contributed by atoms with E-state index in [9.17, 15) is 0 Å². The number of rotatable bonds is 3. The lowest BCUT2D eigenvalue weighted by Gasteiger charge is -2.30. The average molecular weight is 770 g/mol. The first-order valence-electron chi connectivity index (χ1n) is 20.4. The summed E-state index contributed by atoms with van der Waals surface area (Å²) in [6.45, 7) is 4.65. The Morgan fingerprint density at radius 2 is 0.932 bits per heavy atom. The molecule has 0 bridgehead atoms. The quantitative estimate of drug-likeness (QED) is 0.180. The zero-order valence-electron chi connectivity index (χ0n) is 32.5. The Bertz CT molecular complexity index is 3390. The van der Waals surface area contributed by atoms with E-state index in [1.807, 2.05) is 11.3 Å². The van der Waals surface area contributed by atoms with Gasteiger partial charge in [0.05, 0.1) is 5.41 Å². The van der Waals surface area contributed by atoms with E-state index < -0.39 is 5.41 Å². The number of aromatic nitrogens is 3. The van der Waals surface area contributed by atoms with Crippen molar-refractivity contribution in [3.05, 3.63) is 209 Å². The molecular weight excluding hydrogens is 735 g/mol. The highest BCUT2D eigenvalue weighted by molar-refractivity contribution is 7.22. The summed E-state index contributed by atoms with van der Waals surface area (Å²) in [5.41, 5.74) is 16.7. The lowest BCUT2D eigenvalue weighted by atomic mass is 9.70. The highest BCUT2D eigenvalue weighted by Crippen LogP contribution is 2.67. The first-order chi connectivity index (χ1) is 29.0. The van der Waals surface area contributed by atoms with Crippen LogP contribution in [0.4, 0.5) is 0 Å². The Morgan fingerprint density at radius 3 is 1.71 bits per heavy atom. The van der Waals surface area contributed by atoms with E-state index >= 15 is 0 Å². The molecule has 59 heavy (non-hydrogen) atoms. The normalized spacial score (nSPS) is 14.5. The molecule has 4 heteroatoms. The molecule has 0 atom stereocenters. The predicted molar refractivity (Wildman–Crippen MR) is 243 cm³/mol. The molecule has 0 fully saturated rings. The van der Waals surface area contributed by atoms with Crippen molar-refractivity contribution < 1.29 is 0 Å². The molecule has 1 spiro atoms. The average Bonchev–Trinajstić information content (AvgIpc) is 3.98.